The van der Waals surface area contributed by atoms with Crippen molar-refractivity contribution in [3.05, 3.63) is 83.8 Å². The lowest BCUT2D eigenvalue weighted by molar-refractivity contribution is -0.133. The van der Waals surface area contributed by atoms with E-state index in [-0.39, 0.29) is 24.9 Å². The summed E-state index contributed by atoms with van der Waals surface area (Å²) in [5, 5.41) is 0. The van der Waals surface area contributed by atoms with Gasteiger partial charge in [0, 0.05) is 13.6 Å². The van der Waals surface area contributed by atoms with Crippen LogP contribution < -0.4 is 9.47 Å². The normalized spacial score (nSPS) is 10.4. The number of hydrogen-bond donors (Lipinski definition) is 0. The predicted molar refractivity (Wildman–Crippen MR) is 114 cm³/mol. The van der Waals surface area contributed by atoms with Crippen LogP contribution in [0.25, 0.3) is 0 Å². The van der Waals surface area contributed by atoms with Gasteiger partial charge in [-0.1, -0.05) is 30.3 Å². The van der Waals surface area contributed by atoms with Crippen molar-refractivity contribution in [2.45, 2.75) is 20.1 Å². The number of hydrogen-bond acceptors (Lipinski definition) is 6. The molecule has 0 aliphatic rings. The number of amides is 1. The van der Waals surface area contributed by atoms with Crippen LogP contribution >= 0.6 is 0 Å². The molecule has 0 saturated carbocycles. The first-order valence-electron chi connectivity index (χ1n) is 9.94. The molecule has 3 aromatic rings. The van der Waals surface area contributed by atoms with E-state index in [0.717, 1.165) is 11.3 Å². The minimum atomic E-state index is -0.700. The second kappa shape index (κ2) is 10.9. The van der Waals surface area contributed by atoms with Crippen molar-refractivity contribution in [2.75, 3.05) is 20.3 Å². The maximum atomic E-state index is 12.3. The third-order valence-corrected chi connectivity index (χ3v) is 4.39. The molecule has 0 aliphatic carbocycles. The SMILES string of the molecule is CCOc1ccc(CN(C)C(=O)COC(=O)c2ccc(COc3ccccc3)o2)cc1. The summed E-state index contributed by atoms with van der Waals surface area (Å²) in [5.41, 5.74) is 0.944. The third-order valence-electron chi connectivity index (χ3n) is 4.39. The van der Waals surface area contributed by atoms with Gasteiger partial charge in [-0.3, -0.25) is 4.79 Å². The Hall–Kier alpha value is -3.74. The van der Waals surface area contributed by atoms with Crippen LogP contribution in [0.4, 0.5) is 0 Å². The highest BCUT2D eigenvalue weighted by atomic mass is 16.6. The number of furan rings is 1. The predicted octanol–water partition coefficient (Wildman–Crippen LogP) is 4.07. The smallest absolute Gasteiger partial charge is 0.374 e. The molecule has 0 spiro atoms. The Morgan fingerprint density at radius 1 is 0.903 bits per heavy atom. The number of nitrogens with zero attached hydrogens (tertiary/aromatic N) is 1. The molecule has 0 N–H and O–H groups in total. The number of carbonyl (C=O) groups excluding carboxylic acids is 2. The van der Waals surface area contributed by atoms with Crippen molar-refractivity contribution in [1.29, 1.82) is 0 Å². The van der Waals surface area contributed by atoms with Gasteiger partial charge in [-0.15, -0.1) is 0 Å². The Morgan fingerprint density at radius 2 is 1.61 bits per heavy atom. The van der Waals surface area contributed by atoms with E-state index in [1.807, 2.05) is 61.5 Å². The highest BCUT2D eigenvalue weighted by Crippen LogP contribution is 2.15. The van der Waals surface area contributed by atoms with Crippen molar-refractivity contribution in [1.82, 2.24) is 4.90 Å². The summed E-state index contributed by atoms with van der Waals surface area (Å²) in [4.78, 5) is 26.0. The molecule has 1 heterocycles. The zero-order chi connectivity index (χ0) is 22.1. The zero-order valence-corrected chi connectivity index (χ0v) is 17.6. The molecule has 2 aromatic carbocycles. The van der Waals surface area contributed by atoms with Crippen molar-refractivity contribution < 1.29 is 28.2 Å². The largest absolute Gasteiger partial charge is 0.494 e. The molecule has 0 bridgehead atoms. The number of para-hydroxylation sites is 1. The van der Waals surface area contributed by atoms with Crippen LogP contribution in [-0.4, -0.2) is 37.0 Å². The number of benzene rings is 2. The molecule has 0 unspecified atom stereocenters. The molecule has 31 heavy (non-hydrogen) atoms. The van der Waals surface area contributed by atoms with Crippen LogP contribution in [0, 0.1) is 0 Å². The molecule has 0 aliphatic heterocycles. The molecular weight excluding hydrogens is 398 g/mol. The summed E-state index contributed by atoms with van der Waals surface area (Å²) in [7, 11) is 1.65. The molecule has 0 atom stereocenters. The molecule has 0 fully saturated rings. The average Bonchev–Trinajstić information content (AvgIpc) is 3.27. The second-order valence-corrected chi connectivity index (χ2v) is 6.77. The van der Waals surface area contributed by atoms with E-state index in [9.17, 15) is 9.59 Å². The summed E-state index contributed by atoms with van der Waals surface area (Å²) >= 11 is 0. The van der Waals surface area contributed by atoms with Gasteiger partial charge in [0.1, 0.15) is 23.9 Å². The van der Waals surface area contributed by atoms with Crippen LogP contribution in [0.3, 0.4) is 0 Å². The van der Waals surface area contributed by atoms with Crippen LogP contribution in [0.15, 0.2) is 71.1 Å². The van der Waals surface area contributed by atoms with E-state index < -0.39 is 5.97 Å². The van der Waals surface area contributed by atoms with Gasteiger partial charge in [0.25, 0.3) is 5.91 Å². The highest BCUT2D eigenvalue weighted by Gasteiger charge is 2.17. The Balaban J connectivity index is 1.44. The topological polar surface area (TPSA) is 78.2 Å². The van der Waals surface area contributed by atoms with Crippen molar-refractivity contribution >= 4 is 11.9 Å². The van der Waals surface area contributed by atoms with Gasteiger partial charge in [-0.2, -0.15) is 0 Å². The summed E-state index contributed by atoms with van der Waals surface area (Å²) in [6.45, 7) is 2.72. The van der Waals surface area contributed by atoms with E-state index in [2.05, 4.69) is 0 Å². The van der Waals surface area contributed by atoms with Gasteiger partial charge in [0.05, 0.1) is 6.61 Å². The Morgan fingerprint density at radius 3 is 2.32 bits per heavy atom. The molecule has 0 radical (unpaired) electrons. The first-order valence-corrected chi connectivity index (χ1v) is 9.94. The van der Waals surface area contributed by atoms with Crippen LogP contribution in [0.2, 0.25) is 0 Å². The summed E-state index contributed by atoms with van der Waals surface area (Å²) in [5.74, 6) is 0.962. The van der Waals surface area contributed by atoms with E-state index in [0.29, 0.717) is 24.7 Å². The highest BCUT2D eigenvalue weighted by molar-refractivity contribution is 5.88. The maximum Gasteiger partial charge on any atom is 0.374 e. The Kier molecular flexibility index (Phi) is 7.70. The van der Waals surface area contributed by atoms with Gasteiger partial charge in [-0.05, 0) is 48.9 Å². The number of likely N-dealkylation sites (N-methyl/N-ethyl adjacent to an activating group) is 1. The molecule has 1 amide bonds. The lowest BCUT2D eigenvalue weighted by Crippen LogP contribution is -2.30. The zero-order valence-electron chi connectivity index (χ0n) is 17.6. The minimum absolute atomic E-state index is 0.0219. The number of carbonyl (C=O) groups is 2. The molecule has 0 saturated heterocycles. The summed E-state index contributed by atoms with van der Waals surface area (Å²) in [6, 6.07) is 19.9. The molecule has 1 aromatic heterocycles. The standard InChI is InChI=1S/C24H25NO6/c1-3-28-20-11-9-18(10-12-20)15-25(2)23(26)17-30-24(27)22-14-13-21(31-22)16-29-19-7-5-4-6-8-19/h4-14H,3,15-17H2,1-2H3. The Labute approximate surface area is 181 Å². The lowest BCUT2D eigenvalue weighted by atomic mass is 10.2. The molecule has 7 heteroatoms. The lowest BCUT2D eigenvalue weighted by Gasteiger charge is -2.17. The number of ether oxygens (including phenoxy) is 3. The average molecular weight is 423 g/mol. The maximum absolute atomic E-state index is 12.3. The van der Waals surface area contributed by atoms with Gasteiger partial charge < -0.3 is 23.5 Å². The van der Waals surface area contributed by atoms with Gasteiger partial charge >= 0.3 is 5.97 Å². The first kappa shape index (κ1) is 22.0. The fourth-order valence-corrected chi connectivity index (χ4v) is 2.76. The molecule has 7 nitrogen and oxygen atoms in total. The van der Waals surface area contributed by atoms with Crippen molar-refractivity contribution in [2.24, 2.45) is 0 Å². The van der Waals surface area contributed by atoms with Crippen molar-refractivity contribution in [3.8, 4) is 11.5 Å². The molecular formula is C24H25NO6. The van der Waals surface area contributed by atoms with Gasteiger partial charge in [0.2, 0.25) is 5.76 Å². The van der Waals surface area contributed by atoms with Crippen molar-refractivity contribution in [3.63, 3.8) is 0 Å². The van der Waals surface area contributed by atoms with E-state index in [4.69, 9.17) is 18.6 Å². The molecule has 162 valence electrons. The quantitative estimate of drug-likeness (QED) is 0.458. The minimum Gasteiger partial charge on any atom is -0.494 e. The van der Waals surface area contributed by atoms with Crippen LogP contribution in [0.1, 0.15) is 28.8 Å². The number of rotatable bonds is 10. The summed E-state index contributed by atoms with van der Waals surface area (Å²) < 4.78 is 21.5. The fraction of sp³-hybridized carbons (Fsp3) is 0.250. The number of esters is 1. The van der Waals surface area contributed by atoms with E-state index in [1.54, 1.807) is 13.1 Å². The van der Waals surface area contributed by atoms with E-state index >= 15 is 0 Å². The van der Waals surface area contributed by atoms with E-state index in [1.165, 1.54) is 11.0 Å². The monoisotopic (exact) mass is 423 g/mol. The molecule has 3 rings (SSSR count). The summed E-state index contributed by atoms with van der Waals surface area (Å²) in [6.07, 6.45) is 0. The Bertz CT molecular complexity index is 981. The fourth-order valence-electron chi connectivity index (χ4n) is 2.76. The first-order chi connectivity index (χ1) is 15.0. The van der Waals surface area contributed by atoms with Gasteiger partial charge in [0.15, 0.2) is 6.61 Å². The third kappa shape index (κ3) is 6.64. The van der Waals surface area contributed by atoms with Crippen LogP contribution in [-0.2, 0) is 22.7 Å². The van der Waals surface area contributed by atoms with Crippen LogP contribution in [0.5, 0.6) is 11.5 Å². The van der Waals surface area contributed by atoms with Gasteiger partial charge in [-0.25, -0.2) is 4.79 Å². The second-order valence-electron chi connectivity index (χ2n) is 6.77.